The molecular weight excluding hydrogens is 265 g/mol. The minimum absolute atomic E-state index is 0.306. The fraction of sp³-hybridized carbons (Fsp3) is 0.188. The number of hydrogen-bond acceptors (Lipinski definition) is 1. The molecule has 0 spiro atoms. The van der Waals surface area contributed by atoms with Crippen molar-refractivity contribution in [2.24, 2.45) is 0 Å². The van der Waals surface area contributed by atoms with E-state index in [-0.39, 0.29) is 5.56 Å². The van der Waals surface area contributed by atoms with Gasteiger partial charge in [-0.25, -0.2) is 13.2 Å². The van der Waals surface area contributed by atoms with Crippen molar-refractivity contribution in [1.29, 1.82) is 0 Å². The maximum atomic E-state index is 13.7. The second-order valence-electron chi connectivity index (χ2n) is 5.06. The summed E-state index contributed by atoms with van der Waals surface area (Å²) in [5.41, 5.74) is -0.852. The number of ketones is 1. The quantitative estimate of drug-likeness (QED) is 0.766. The van der Waals surface area contributed by atoms with Gasteiger partial charge in [0.1, 0.15) is 5.82 Å². The van der Waals surface area contributed by atoms with Gasteiger partial charge in [0, 0.05) is 0 Å². The van der Waals surface area contributed by atoms with Gasteiger partial charge in [0.2, 0.25) is 0 Å². The predicted octanol–water partition coefficient (Wildman–Crippen LogP) is 4.26. The van der Waals surface area contributed by atoms with E-state index in [0.717, 1.165) is 6.07 Å². The Morgan fingerprint density at radius 2 is 1.55 bits per heavy atom. The van der Waals surface area contributed by atoms with Gasteiger partial charge in [-0.2, -0.15) is 0 Å². The van der Waals surface area contributed by atoms with E-state index in [9.17, 15) is 18.0 Å². The Hall–Kier alpha value is -2.10. The summed E-state index contributed by atoms with van der Waals surface area (Å²) < 4.78 is 39.8. The van der Waals surface area contributed by atoms with Crippen LogP contribution in [0.1, 0.15) is 29.8 Å². The van der Waals surface area contributed by atoms with Gasteiger partial charge in [-0.3, -0.25) is 4.79 Å². The van der Waals surface area contributed by atoms with Crippen LogP contribution in [0.5, 0.6) is 0 Å². The first-order valence-electron chi connectivity index (χ1n) is 6.09. The molecule has 0 saturated carbocycles. The van der Waals surface area contributed by atoms with E-state index < -0.39 is 28.6 Å². The monoisotopic (exact) mass is 278 g/mol. The molecule has 0 bridgehead atoms. The second kappa shape index (κ2) is 5.12. The van der Waals surface area contributed by atoms with Gasteiger partial charge in [0.25, 0.3) is 0 Å². The van der Waals surface area contributed by atoms with Crippen LogP contribution in [0.25, 0.3) is 0 Å². The number of carbonyl (C=O) groups excluding carboxylic acids is 1. The lowest BCUT2D eigenvalue weighted by atomic mass is 9.78. The Bertz CT molecular complexity index is 645. The highest BCUT2D eigenvalue weighted by atomic mass is 19.2. The topological polar surface area (TPSA) is 17.1 Å². The molecule has 0 aromatic heterocycles. The van der Waals surface area contributed by atoms with Crippen molar-refractivity contribution in [3.8, 4) is 0 Å². The minimum Gasteiger partial charge on any atom is -0.293 e. The Kier molecular flexibility index (Phi) is 3.66. The smallest absolute Gasteiger partial charge is 0.175 e. The summed E-state index contributed by atoms with van der Waals surface area (Å²) in [6.07, 6.45) is 0. The Morgan fingerprint density at radius 1 is 0.950 bits per heavy atom. The first-order valence-corrected chi connectivity index (χ1v) is 6.09. The summed E-state index contributed by atoms with van der Waals surface area (Å²) in [6.45, 7) is 3.18. The third-order valence-corrected chi connectivity index (χ3v) is 3.33. The first-order chi connectivity index (χ1) is 9.34. The second-order valence-corrected chi connectivity index (χ2v) is 5.06. The molecule has 2 rings (SSSR count). The zero-order valence-electron chi connectivity index (χ0n) is 11.1. The van der Waals surface area contributed by atoms with Gasteiger partial charge >= 0.3 is 0 Å². The molecule has 0 heterocycles. The molecule has 1 nitrogen and oxygen atoms in total. The zero-order valence-corrected chi connectivity index (χ0v) is 11.1. The van der Waals surface area contributed by atoms with Crippen LogP contribution >= 0.6 is 0 Å². The minimum atomic E-state index is -1.16. The fourth-order valence-electron chi connectivity index (χ4n) is 2.01. The molecule has 2 aromatic rings. The lowest BCUT2D eigenvalue weighted by molar-refractivity contribution is 0.0903. The van der Waals surface area contributed by atoms with Crippen molar-refractivity contribution in [3.05, 3.63) is 71.0 Å². The highest BCUT2D eigenvalue weighted by molar-refractivity contribution is 6.03. The Labute approximate surface area is 115 Å². The lowest BCUT2D eigenvalue weighted by Gasteiger charge is -2.24. The van der Waals surface area contributed by atoms with Crippen LogP contribution in [0.3, 0.4) is 0 Å². The Balaban J connectivity index is 2.45. The average molecular weight is 278 g/mol. The highest BCUT2D eigenvalue weighted by Gasteiger charge is 2.32. The first kappa shape index (κ1) is 14.3. The summed E-state index contributed by atoms with van der Waals surface area (Å²) in [6, 6.07) is 8.86. The number of benzene rings is 2. The number of halogens is 3. The molecule has 0 fully saturated rings. The van der Waals surface area contributed by atoms with E-state index in [2.05, 4.69) is 0 Å². The molecule has 0 saturated heterocycles. The molecule has 0 unspecified atom stereocenters. The van der Waals surface area contributed by atoms with Crippen LogP contribution < -0.4 is 0 Å². The van der Waals surface area contributed by atoms with Gasteiger partial charge in [-0.05, 0) is 43.7 Å². The van der Waals surface area contributed by atoms with Crippen LogP contribution in [-0.2, 0) is 5.41 Å². The standard InChI is InChI=1S/C16H13F3O/c1-16(2,10-6-8-11(17)9-7-10)15(20)12-4-3-5-13(18)14(12)19/h3-9H,1-2H3. The number of rotatable bonds is 3. The largest absolute Gasteiger partial charge is 0.293 e. The van der Waals surface area contributed by atoms with Gasteiger partial charge < -0.3 is 0 Å². The molecule has 104 valence electrons. The van der Waals surface area contributed by atoms with Crippen molar-refractivity contribution in [2.45, 2.75) is 19.3 Å². The molecule has 20 heavy (non-hydrogen) atoms. The van der Waals surface area contributed by atoms with Gasteiger partial charge in [0.05, 0.1) is 11.0 Å². The molecule has 0 aliphatic heterocycles. The fourth-order valence-corrected chi connectivity index (χ4v) is 2.01. The molecular formula is C16H13F3O. The third kappa shape index (κ3) is 2.46. The van der Waals surface area contributed by atoms with Crippen LogP contribution in [0.15, 0.2) is 42.5 Å². The van der Waals surface area contributed by atoms with E-state index in [1.807, 2.05) is 0 Å². The molecule has 4 heteroatoms. The van der Waals surface area contributed by atoms with E-state index in [0.29, 0.717) is 5.56 Å². The normalized spacial score (nSPS) is 11.4. The van der Waals surface area contributed by atoms with Crippen molar-refractivity contribution < 1.29 is 18.0 Å². The molecule has 0 atom stereocenters. The maximum Gasteiger partial charge on any atom is 0.175 e. The van der Waals surface area contributed by atoms with Crippen molar-refractivity contribution in [1.82, 2.24) is 0 Å². The summed E-state index contributed by atoms with van der Waals surface area (Å²) >= 11 is 0. The molecule has 0 radical (unpaired) electrons. The molecule has 0 aliphatic rings. The van der Waals surface area contributed by atoms with Crippen molar-refractivity contribution in [3.63, 3.8) is 0 Å². The van der Waals surface area contributed by atoms with E-state index >= 15 is 0 Å². The van der Waals surface area contributed by atoms with Gasteiger partial charge in [-0.15, -0.1) is 0 Å². The molecule has 0 amide bonds. The molecule has 2 aromatic carbocycles. The SMILES string of the molecule is CC(C)(C(=O)c1cccc(F)c1F)c1ccc(F)cc1. The maximum absolute atomic E-state index is 13.7. The van der Waals surface area contributed by atoms with Crippen LogP contribution in [0.4, 0.5) is 13.2 Å². The summed E-state index contributed by atoms with van der Waals surface area (Å²) in [7, 11) is 0. The number of carbonyl (C=O) groups is 1. The average Bonchev–Trinajstić information content (AvgIpc) is 2.41. The lowest BCUT2D eigenvalue weighted by Crippen LogP contribution is -2.30. The summed E-state index contributed by atoms with van der Waals surface area (Å²) in [5, 5.41) is 0. The molecule has 0 N–H and O–H groups in total. The van der Waals surface area contributed by atoms with Crippen molar-refractivity contribution in [2.75, 3.05) is 0 Å². The Morgan fingerprint density at radius 3 is 2.15 bits per heavy atom. The third-order valence-electron chi connectivity index (χ3n) is 3.33. The van der Waals surface area contributed by atoms with E-state index in [4.69, 9.17) is 0 Å². The van der Waals surface area contributed by atoms with Crippen molar-refractivity contribution >= 4 is 5.78 Å². The number of Topliss-reactive ketones (excluding diaryl/α,β-unsaturated/α-hetero) is 1. The van der Waals surface area contributed by atoms with Crippen LogP contribution in [0, 0.1) is 17.5 Å². The molecule has 0 aliphatic carbocycles. The van der Waals surface area contributed by atoms with Gasteiger partial charge in [0.15, 0.2) is 17.4 Å². The predicted molar refractivity (Wildman–Crippen MR) is 70.1 cm³/mol. The highest BCUT2D eigenvalue weighted by Crippen LogP contribution is 2.29. The number of hydrogen-bond donors (Lipinski definition) is 0. The van der Waals surface area contributed by atoms with Gasteiger partial charge in [-0.1, -0.05) is 18.2 Å². The van der Waals surface area contributed by atoms with E-state index in [1.165, 1.54) is 36.4 Å². The van der Waals surface area contributed by atoms with Crippen LogP contribution in [-0.4, -0.2) is 5.78 Å². The van der Waals surface area contributed by atoms with Crippen LogP contribution in [0.2, 0.25) is 0 Å². The summed E-state index contributed by atoms with van der Waals surface area (Å²) in [4.78, 5) is 12.4. The zero-order chi connectivity index (χ0) is 14.9. The summed E-state index contributed by atoms with van der Waals surface area (Å²) in [5.74, 6) is -3.20. The van der Waals surface area contributed by atoms with E-state index in [1.54, 1.807) is 13.8 Å².